The van der Waals surface area contributed by atoms with Crippen LogP contribution in [-0.4, -0.2) is 0 Å². The van der Waals surface area contributed by atoms with Crippen molar-refractivity contribution in [1.82, 2.24) is 0 Å². The highest BCUT2D eigenvalue weighted by atomic mass is 14.5. The van der Waals surface area contributed by atoms with Crippen LogP contribution in [0.25, 0.3) is 33.0 Å². The van der Waals surface area contributed by atoms with Gasteiger partial charge in [0.1, 0.15) is 0 Å². The zero-order valence-electron chi connectivity index (χ0n) is 16.8. The van der Waals surface area contributed by atoms with Gasteiger partial charge in [-0.3, -0.25) is 0 Å². The molecule has 140 valence electrons. The van der Waals surface area contributed by atoms with Gasteiger partial charge in [0.15, 0.2) is 0 Å². The van der Waals surface area contributed by atoms with Crippen LogP contribution in [0, 0.1) is 6.92 Å². The van der Waals surface area contributed by atoms with Gasteiger partial charge in [-0.1, -0.05) is 109 Å². The van der Waals surface area contributed by atoms with E-state index in [0.29, 0.717) is 0 Å². The van der Waals surface area contributed by atoms with Crippen LogP contribution in [0.1, 0.15) is 27.8 Å². The standard InChI is InChI=1S/C30H20/c1-19-14-16-27-24(18-19)22-10-4-6-12-25(22)30(27)26-13-7-5-11-23(26)29-21-9-3-2-8-20(21)15-17-28(29)30/h2-18H,1H3. The van der Waals surface area contributed by atoms with E-state index in [1.165, 1.54) is 60.8 Å². The molecular weight excluding hydrogens is 360 g/mol. The van der Waals surface area contributed by atoms with Crippen molar-refractivity contribution in [3.63, 3.8) is 0 Å². The van der Waals surface area contributed by atoms with Gasteiger partial charge in [-0.25, -0.2) is 0 Å². The molecule has 0 N–H and O–H groups in total. The lowest BCUT2D eigenvalue weighted by atomic mass is 9.70. The van der Waals surface area contributed by atoms with E-state index in [1.807, 2.05) is 0 Å². The molecule has 7 rings (SSSR count). The minimum atomic E-state index is -0.240. The summed E-state index contributed by atoms with van der Waals surface area (Å²) >= 11 is 0. The molecular formula is C30H20. The van der Waals surface area contributed by atoms with Crippen molar-refractivity contribution in [2.75, 3.05) is 0 Å². The lowest BCUT2D eigenvalue weighted by Gasteiger charge is -2.30. The number of fused-ring (bicyclic) bond motifs is 12. The molecule has 2 aliphatic rings. The number of hydrogen-bond acceptors (Lipinski definition) is 0. The Morgan fingerprint density at radius 3 is 2.00 bits per heavy atom. The van der Waals surface area contributed by atoms with Crippen molar-refractivity contribution in [3.05, 3.63) is 131 Å². The van der Waals surface area contributed by atoms with E-state index in [2.05, 4.69) is 110 Å². The molecule has 0 amide bonds. The first-order chi connectivity index (χ1) is 14.8. The van der Waals surface area contributed by atoms with Gasteiger partial charge in [-0.05, 0) is 62.2 Å². The van der Waals surface area contributed by atoms with Crippen molar-refractivity contribution in [1.29, 1.82) is 0 Å². The molecule has 5 aromatic rings. The second-order valence-electron chi connectivity index (χ2n) is 8.60. The maximum Gasteiger partial charge on any atom is 0.0725 e. The Hall–Kier alpha value is -3.64. The molecule has 0 radical (unpaired) electrons. The molecule has 0 nitrogen and oxygen atoms in total. The summed E-state index contributed by atoms with van der Waals surface area (Å²) in [6.45, 7) is 2.19. The van der Waals surface area contributed by atoms with Crippen LogP contribution in [0.3, 0.4) is 0 Å². The molecule has 0 saturated carbocycles. The monoisotopic (exact) mass is 380 g/mol. The maximum absolute atomic E-state index is 2.38. The minimum Gasteiger partial charge on any atom is -0.0619 e. The van der Waals surface area contributed by atoms with E-state index in [0.717, 1.165) is 0 Å². The summed E-state index contributed by atoms with van der Waals surface area (Å²) in [5, 5.41) is 2.65. The lowest BCUT2D eigenvalue weighted by Crippen LogP contribution is -2.25. The number of aryl methyl sites for hydroxylation is 1. The largest absolute Gasteiger partial charge is 0.0725 e. The summed E-state index contributed by atoms with van der Waals surface area (Å²) in [7, 11) is 0. The van der Waals surface area contributed by atoms with Crippen molar-refractivity contribution in [2.24, 2.45) is 0 Å². The Bertz CT molecular complexity index is 1500. The molecule has 1 spiro atoms. The van der Waals surface area contributed by atoms with Gasteiger partial charge in [-0.2, -0.15) is 0 Å². The summed E-state index contributed by atoms with van der Waals surface area (Å²) in [6.07, 6.45) is 0. The SMILES string of the molecule is Cc1ccc2c(c1)-c1ccccc1C21c2ccccc2-c2c1ccc1ccccc21. The predicted molar refractivity (Wildman–Crippen MR) is 125 cm³/mol. The number of hydrogen-bond donors (Lipinski definition) is 0. The fourth-order valence-corrected chi connectivity index (χ4v) is 6.03. The van der Waals surface area contributed by atoms with Crippen molar-refractivity contribution >= 4 is 10.8 Å². The quantitative estimate of drug-likeness (QED) is 0.256. The molecule has 5 aromatic carbocycles. The van der Waals surface area contributed by atoms with Crippen LogP contribution >= 0.6 is 0 Å². The summed E-state index contributed by atoms with van der Waals surface area (Å²) in [5.41, 5.74) is 12.2. The first-order valence-electron chi connectivity index (χ1n) is 10.6. The second-order valence-corrected chi connectivity index (χ2v) is 8.60. The zero-order chi connectivity index (χ0) is 19.9. The number of rotatable bonds is 0. The molecule has 1 atom stereocenters. The second kappa shape index (κ2) is 5.49. The van der Waals surface area contributed by atoms with Crippen molar-refractivity contribution in [3.8, 4) is 22.3 Å². The third-order valence-electron chi connectivity index (χ3n) is 7.13. The summed E-state index contributed by atoms with van der Waals surface area (Å²) in [6, 6.07) is 38.5. The van der Waals surface area contributed by atoms with E-state index in [9.17, 15) is 0 Å². The molecule has 0 bridgehead atoms. The molecule has 0 fully saturated rings. The lowest BCUT2D eigenvalue weighted by molar-refractivity contribution is 0.794. The first-order valence-corrected chi connectivity index (χ1v) is 10.6. The topological polar surface area (TPSA) is 0 Å². The van der Waals surface area contributed by atoms with Gasteiger partial charge >= 0.3 is 0 Å². The van der Waals surface area contributed by atoms with E-state index < -0.39 is 0 Å². The van der Waals surface area contributed by atoms with E-state index in [1.54, 1.807) is 0 Å². The van der Waals surface area contributed by atoms with Gasteiger partial charge in [0.2, 0.25) is 0 Å². The Labute approximate surface area is 176 Å². The number of benzene rings is 5. The fourth-order valence-electron chi connectivity index (χ4n) is 6.03. The normalized spacial score (nSPS) is 17.6. The Balaban J connectivity index is 1.74. The highest BCUT2D eigenvalue weighted by Gasteiger charge is 2.51. The average Bonchev–Trinajstić information content (AvgIpc) is 3.26. The van der Waals surface area contributed by atoms with Crippen LogP contribution in [0.5, 0.6) is 0 Å². The van der Waals surface area contributed by atoms with Crippen LogP contribution in [0.15, 0.2) is 103 Å². The fraction of sp³-hybridized carbons (Fsp3) is 0.0667. The third-order valence-corrected chi connectivity index (χ3v) is 7.13. The smallest absolute Gasteiger partial charge is 0.0619 e. The highest BCUT2D eigenvalue weighted by Crippen LogP contribution is 2.63. The molecule has 0 saturated heterocycles. The molecule has 0 heterocycles. The summed E-state index contributed by atoms with van der Waals surface area (Å²) in [5.74, 6) is 0. The third kappa shape index (κ3) is 1.74. The van der Waals surface area contributed by atoms with Gasteiger partial charge in [-0.15, -0.1) is 0 Å². The van der Waals surface area contributed by atoms with E-state index >= 15 is 0 Å². The molecule has 30 heavy (non-hydrogen) atoms. The molecule has 0 heteroatoms. The van der Waals surface area contributed by atoms with Gasteiger partial charge in [0, 0.05) is 0 Å². The minimum absolute atomic E-state index is 0.240. The van der Waals surface area contributed by atoms with Crippen LogP contribution in [0.2, 0.25) is 0 Å². The molecule has 0 aromatic heterocycles. The van der Waals surface area contributed by atoms with Gasteiger partial charge in [0.25, 0.3) is 0 Å². The molecule has 1 unspecified atom stereocenters. The Morgan fingerprint density at radius 2 is 1.13 bits per heavy atom. The van der Waals surface area contributed by atoms with Gasteiger partial charge in [0.05, 0.1) is 5.41 Å². The average molecular weight is 380 g/mol. The first kappa shape index (κ1) is 16.2. The maximum atomic E-state index is 2.38. The predicted octanol–water partition coefficient (Wildman–Crippen LogP) is 7.49. The Kier molecular flexibility index (Phi) is 2.96. The zero-order valence-corrected chi connectivity index (χ0v) is 16.8. The van der Waals surface area contributed by atoms with Crippen LogP contribution in [0.4, 0.5) is 0 Å². The van der Waals surface area contributed by atoms with E-state index in [4.69, 9.17) is 0 Å². The van der Waals surface area contributed by atoms with Crippen LogP contribution < -0.4 is 0 Å². The van der Waals surface area contributed by atoms with Crippen molar-refractivity contribution in [2.45, 2.75) is 12.3 Å². The van der Waals surface area contributed by atoms with Gasteiger partial charge < -0.3 is 0 Å². The van der Waals surface area contributed by atoms with Crippen molar-refractivity contribution < 1.29 is 0 Å². The highest BCUT2D eigenvalue weighted by molar-refractivity contribution is 6.06. The van der Waals surface area contributed by atoms with E-state index in [-0.39, 0.29) is 5.41 Å². The summed E-state index contributed by atoms with van der Waals surface area (Å²) < 4.78 is 0. The van der Waals surface area contributed by atoms with Crippen LogP contribution in [-0.2, 0) is 5.41 Å². The Morgan fingerprint density at radius 1 is 0.500 bits per heavy atom. The summed E-state index contributed by atoms with van der Waals surface area (Å²) in [4.78, 5) is 0. The molecule has 0 aliphatic heterocycles. The molecule has 2 aliphatic carbocycles.